The summed E-state index contributed by atoms with van der Waals surface area (Å²) < 4.78 is 26.8. The Labute approximate surface area is 146 Å². The molecule has 0 aliphatic heterocycles. The number of benzene rings is 1. The van der Waals surface area contributed by atoms with Gasteiger partial charge in [0.25, 0.3) is 5.91 Å². The number of hydrogen-bond acceptors (Lipinski definition) is 3. The highest BCUT2D eigenvalue weighted by Gasteiger charge is 2.14. The molecule has 0 fully saturated rings. The number of carbonyl (C=O) groups is 1. The van der Waals surface area contributed by atoms with Crippen molar-refractivity contribution in [2.75, 3.05) is 0 Å². The molecule has 0 unspecified atom stereocenters. The fourth-order valence-corrected chi connectivity index (χ4v) is 2.68. The molecule has 8 heteroatoms. The maximum absolute atomic E-state index is 13.6. The number of rotatable bonds is 4. The molecule has 130 valence electrons. The van der Waals surface area contributed by atoms with Crippen molar-refractivity contribution in [3.63, 3.8) is 0 Å². The zero-order valence-corrected chi connectivity index (χ0v) is 13.4. The van der Waals surface area contributed by atoms with E-state index in [9.17, 15) is 13.6 Å². The lowest BCUT2D eigenvalue weighted by atomic mass is 10.2. The molecule has 6 nitrogen and oxygen atoms in total. The molecular weight excluding hydrogens is 340 g/mol. The number of halogens is 2. The van der Waals surface area contributed by atoms with Gasteiger partial charge in [0.15, 0.2) is 5.65 Å². The van der Waals surface area contributed by atoms with E-state index in [0.29, 0.717) is 22.6 Å². The lowest BCUT2D eigenvalue weighted by Crippen LogP contribution is -2.22. The van der Waals surface area contributed by atoms with Crippen LogP contribution in [0.3, 0.4) is 0 Å². The van der Waals surface area contributed by atoms with Crippen LogP contribution in [0, 0.1) is 11.6 Å². The maximum atomic E-state index is 13.6. The molecule has 4 rings (SSSR count). The number of hydrogen-bond donors (Lipinski definition) is 3. The number of nitrogens with zero attached hydrogens (tertiary/aromatic N) is 2. The monoisotopic (exact) mass is 353 g/mol. The van der Waals surface area contributed by atoms with E-state index in [4.69, 9.17) is 0 Å². The highest BCUT2D eigenvalue weighted by atomic mass is 19.1. The van der Waals surface area contributed by atoms with Crippen molar-refractivity contribution < 1.29 is 13.6 Å². The van der Waals surface area contributed by atoms with Crippen LogP contribution in [0.2, 0.25) is 0 Å². The van der Waals surface area contributed by atoms with E-state index in [-0.39, 0.29) is 12.1 Å². The van der Waals surface area contributed by atoms with Crippen molar-refractivity contribution in [1.29, 1.82) is 0 Å². The van der Waals surface area contributed by atoms with Crippen LogP contribution in [0.4, 0.5) is 8.78 Å². The lowest BCUT2D eigenvalue weighted by molar-refractivity contribution is 0.0950. The SMILES string of the molecule is O=C(NCc1cc(F)ccc1F)c1c[nH]c(-c2[nH]nc3ncccc23)c1. The third-order valence-electron chi connectivity index (χ3n) is 3.99. The third-order valence-corrected chi connectivity index (χ3v) is 3.99. The molecule has 0 bridgehead atoms. The van der Waals surface area contributed by atoms with Crippen molar-refractivity contribution in [2.45, 2.75) is 6.54 Å². The zero-order valence-electron chi connectivity index (χ0n) is 13.4. The van der Waals surface area contributed by atoms with Gasteiger partial charge in [-0.2, -0.15) is 5.10 Å². The molecule has 0 atom stereocenters. The predicted octanol–water partition coefficient (Wildman–Crippen LogP) is 3.16. The summed E-state index contributed by atoms with van der Waals surface area (Å²) in [5, 5.41) is 10.4. The van der Waals surface area contributed by atoms with Gasteiger partial charge in [0.2, 0.25) is 0 Å². The molecule has 4 aromatic rings. The number of pyridine rings is 1. The van der Waals surface area contributed by atoms with Gasteiger partial charge in [-0.25, -0.2) is 13.8 Å². The Balaban J connectivity index is 1.52. The summed E-state index contributed by atoms with van der Waals surface area (Å²) in [6.45, 7) is -0.111. The van der Waals surface area contributed by atoms with Gasteiger partial charge in [-0.3, -0.25) is 9.89 Å². The Kier molecular flexibility index (Phi) is 3.92. The number of aromatic nitrogens is 4. The minimum Gasteiger partial charge on any atom is -0.359 e. The molecule has 26 heavy (non-hydrogen) atoms. The van der Waals surface area contributed by atoms with Gasteiger partial charge in [-0.05, 0) is 36.4 Å². The van der Waals surface area contributed by atoms with Crippen LogP contribution in [-0.2, 0) is 6.54 Å². The van der Waals surface area contributed by atoms with E-state index < -0.39 is 17.5 Å². The van der Waals surface area contributed by atoms with Gasteiger partial charge < -0.3 is 10.3 Å². The van der Waals surface area contributed by atoms with E-state index in [1.54, 1.807) is 18.3 Å². The first-order chi connectivity index (χ1) is 12.6. The molecular formula is C18H13F2N5O. The van der Waals surface area contributed by atoms with E-state index in [1.165, 1.54) is 6.20 Å². The van der Waals surface area contributed by atoms with Crippen LogP contribution in [0.15, 0.2) is 48.8 Å². The Morgan fingerprint density at radius 2 is 2.08 bits per heavy atom. The van der Waals surface area contributed by atoms with Gasteiger partial charge in [0, 0.05) is 29.9 Å². The van der Waals surface area contributed by atoms with Crippen molar-refractivity contribution >= 4 is 16.9 Å². The highest BCUT2D eigenvalue weighted by Crippen LogP contribution is 2.24. The van der Waals surface area contributed by atoms with Crippen molar-refractivity contribution in [3.05, 3.63) is 71.6 Å². The Morgan fingerprint density at radius 1 is 1.19 bits per heavy atom. The average molecular weight is 353 g/mol. The molecule has 1 amide bonds. The summed E-state index contributed by atoms with van der Waals surface area (Å²) in [5.41, 5.74) is 2.40. The molecule has 3 N–H and O–H groups in total. The number of nitrogens with one attached hydrogen (secondary N) is 3. The van der Waals surface area contributed by atoms with Crippen LogP contribution < -0.4 is 5.32 Å². The highest BCUT2D eigenvalue weighted by molar-refractivity contribution is 5.97. The zero-order chi connectivity index (χ0) is 18.1. The first-order valence-electron chi connectivity index (χ1n) is 7.82. The van der Waals surface area contributed by atoms with E-state index in [2.05, 4.69) is 25.5 Å². The van der Waals surface area contributed by atoms with Crippen molar-refractivity contribution in [1.82, 2.24) is 25.5 Å². The number of carbonyl (C=O) groups excluding carboxylic acids is 1. The van der Waals surface area contributed by atoms with Crippen LogP contribution in [0.5, 0.6) is 0 Å². The topological polar surface area (TPSA) is 86.5 Å². The number of fused-ring (bicyclic) bond motifs is 1. The number of amides is 1. The smallest absolute Gasteiger partial charge is 0.253 e. The normalized spacial score (nSPS) is 11.0. The summed E-state index contributed by atoms with van der Waals surface area (Å²) in [7, 11) is 0. The molecule has 0 saturated carbocycles. The molecule has 0 aliphatic carbocycles. The average Bonchev–Trinajstić information content (AvgIpc) is 3.28. The second-order valence-electron chi connectivity index (χ2n) is 5.69. The molecule has 0 saturated heterocycles. The lowest BCUT2D eigenvalue weighted by Gasteiger charge is -2.05. The maximum Gasteiger partial charge on any atom is 0.253 e. The summed E-state index contributed by atoms with van der Waals surface area (Å²) in [6.07, 6.45) is 3.18. The quantitative estimate of drug-likeness (QED) is 0.527. The molecule has 0 aliphatic rings. The predicted molar refractivity (Wildman–Crippen MR) is 91.2 cm³/mol. The van der Waals surface area contributed by atoms with Crippen LogP contribution in [-0.4, -0.2) is 26.1 Å². The fourth-order valence-electron chi connectivity index (χ4n) is 2.68. The second-order valence-corrected chi connectivity index (χ2v) is 5.69. The summed E-state index contributed by atoms with van der Waals surface area (Å²) in [4.78, 5) is 19.4. The minimum atomic E-state index is -0.571. The first-order valence-corrected chi connectivity index (χ1v) is 7.82. The van der Waals surface area contributed by atoms with Crippen molar-refractivity contribution in [3.8, 4) is 11.4 Å². The van der Waals surface area contributed by atoms with Gasteiger partial charge in [0.1, 0.15) is 11.6 Å². The summed E-state index contributed by atoms with van der Waals surface area (Å²) in [5.74, 6) is -1.53. The van der Waals surface area contributed by atoms with Crippen molar-refractivity contribution in [2.24, 2.45) is 0 Å². The summed E-state index contributed by atoms with van der Waals surface area (Å²) >= 11 is 0. The fraction of sp³-hybridized carbons (Fsp3) is 0.0556. The van der Waals surface area contributed by atoms with Crippen LogP contribution in [0.25, 0.3) is 22.4 Å². The standard InChI is InChI=1S/C18H13F2N5O/c19-12-3-4-14(20)10(6-12)8-23-18(26)11-7-15(22-9-11)16-13-2-1-5-21-17(13)25-24-16/h1-7,9,22H,8H2,(H,23,26)(H,21,24,25). The summed E-state index contributed by atoms with van der Waals surface area (Å²) in [6, 6.07) is 8.43. The largest absolute Gasteiger partial charge is 0.359 e. The number of H-pyrrole nitrogens is 2. The second kappa shape index (κ2) is 6.40. The Hall–Kier alpha value is -3.55. The van der Waals surface area contributed by atoms with Crippen LogP contribution >= 0.6 is 0 Å². The van der Waals surface area contributed by atoms with Crippen LogP contribution in [0.1, 0.15) is 15.9 Å². The van der Waals surface area contributed by atoms with Gasteiger partial charge in [0.05, 0.1) is 17.0 Å². The molecule has 0 radical (unpaired) electrons. The molecule has 3 heterocycles. The van der Waals surface area contributed by atoms with Gasteiger partial charge in [-0.15, -0.1) is 0 Å². The Bertz CT molecular complexity index is 1100. The molecule has 1 aromatic carbocycles. The first kappa shape index (κ1) is 15.9. The van der Waals surface area contributed by atoms with Gasteiger partial charge >= 0.3 is 0 Å². The molecule has 0 spiro atoms. The Morgan fingerprint density at radius 3 is 2.96 bits per heavy atom. The van der Waals surface area contributed by atoms with Gasteiger partial charge in [-0.1, -0.05) is 0 Å². The molecule has 3 aromatic heterocycles. The number of aromatic amines is 2. The van der Waals surface area contributed by atoms with E-state index in [1.807, 2.05) is 6.07 Å². The van der Waals surface area contributed by atoms with E-state index >= 15 is 0 Å². The third kappa shape index (κ3) is 2.92. The van der Waals surface area contributed by atoms with E-state index in [0.717, 1.165) is 23.6 Å². The minimum absolute atomic E-state index is 0.0831.